The molecule has 0 radical (unpaired) electrons. The van der Waals surface area contributed by atoms with Gasteiger partial charge in [-0.1, -0.05) is 0 Å². The monoisotopic (exact) mass is 532 g/mol. The lowest BCUT2D eigenvalue weighted by Gasteiger charge is -2.18. The quantitative estimate of drug-likeness (QED) is 0.266. The molecule has 0 spiro atoms. The third kappa shape index (κ3) is 5.33. The second-order valence-electron chi connectivity index (χ2n) is 7.03. The highest BCUT2D eigenvalue weighted by molar-refractivity contribution is 5.57. The summed E-state index contributed by atoms with van der Waals surface area (Å²) in [6.45, 7) is 0. The summed E-state index contributed by atoms with van der Waals surface area (Å²) in [4.78, 5) is 0. The van der Waals surface area contributed by atoms with E-state index >= 15 is 0 Å². The Bertz CT molecular complexity index is 1300. The maximum atomic E-state index is 14.4. The number of alkyl halides is 9. The standard InChI is InChI=1S/C21H11F11N2O2/c22-15-12(5-3-10(17(15)33)20(27,28)29)35-8-1-2-9(19(24,25)26)14(7-8)36-13-6-4-11(21(30,31)32)18(34)16(13)23/h1-7H,33-34H2. The zero-order chi connectivity index (χ0) is 27.2. The molecule has 0 unspecified atom stereocenters. The number of hydrogen-bond acceptors (Lipinski definition) is 4. The molecule has 0 atom stereocenters. The molecule has 4 nitrogen and oxygen atoms in total. The predicted molar refractivity (Wildman–Crippen MR) is 103 cm³/mol. The summed E-state index contributed by atoms with van der Waals surface area (Å²) in [6, 6.07) is 3.00. The summed E-state index contributed by atoms with van der Waals surface area (Å²) in [5.41, 5.74) is 2.77. The van der Waals surface area contributed by atoms with Crippen molar-refractivity contribution in [1.82, 2.24) is 0 Å². The van der Waals surface area contributed by atoms with Gasteiger partial charge in [0.15, 0.2) is 23.1 Å². The molecule has 194 valence electrons. The first-order valence-corrected chi connectivity index (χ1v) is 9.28. The molecule has 3 aromatic rings. The summed E-state index contributed by atoms with van der Waals surface area (Å²) in [7, 11) is 0. The predicted octanol–water partition coefficient (Wildman–Crippen LogP) is 7.77. The minimum absolute atomic E-state index is 0.279. The zero-order valence-corrected chi connectivity index (χ0v) is 17.2. The van der Waals surface area contributed by atoms with Crippen LogP contribution in [0.1, 0.15) is 16.7 Å². The Hall–Kier alpha value is -3.91. The van der Waals surface area contributed by atoms with Gasteiger partial charge in [0.05, 0.1) is 28.1 Å². The average Bonchev–Trinajstić information content (AvgIpc) is 2.72. The molecule has 36 heavy (non-hydrogen) atoms. The van der Waals surface area contributed by atoms with Crippen molar-refractivity contribution in [2.24, 2.45) is 0 Å². The fourth-order valence-corrected chi connectivity index (χ4v) is 2.93. The van der Waals surface area contributed by atoms with Gasteiger partial charge < -0.3 is 20.9 Å². The van der Waals surface area contributed by atoms with E-state index < -0.39 is 81.2 Å². The van der Waals surface area contributed by atoms with Crippen LogP contribution in [-0.4, -0.2) is 0 Å². The van der Waals surface area contributed by atoms with E-state index in [2.05, 4.69) is 0 Å². The first kappa shape index (κ1) is 26.7. The van der Waals surface area contributed by atoms with E-state index in [-0.39, 0.29) is 6.07 Å². The largest absolute Gasteiger partial charge is 0.454 e. The smallest absolute Gasteiger partial charge is 0.419 e. The molecular formula is C21H11F11N2O2. The minimum atomic E-state index is -5.12. The van der Waals surface area contributed by atoms with Crippen LogP contribution in [0.3, 0.4) is 0 Å². The van der Waals surface area contributed by atoms with Crippen LogP contribution >= 0.6 is 0 Å². The van der Waals surface area contributed by atoms with Crippen LogP contribution in [0.2, 0.25) is 0 Å². The SMILES string of the molecule is Nc1c(C(F)(F)F)ccc(Oc2ccc(C(F)(F)F)c(Oc3ccc(C(F)(F)F)c(N)c3F)c2)c1F. The topological polar surface area (TPSA) is 70.5 Å². The zero-order valence-electron chi connectivity index (χ0n) is 17.2. The lowest BCUT2D eigenvalue weighted by molar-refractivity contribution is -0.139. The number of hydrogen-bond donors (Lipinski definition) is 2. The fourth-order valence-electron chi connectivity index (χ4n) is 2.93. The molecule has 0 aliphatic rings. The Morgan fingerprint density at radius 1 is 0.500 bits per heavy atom. The molecule has 0 aromatic heterocycles. The number of halogens is 11. The van der Waals surface area contributed by atoms with Crippen LogP contribution in [0.5, 0.6) is 23.0 Å². The third-order valence-corrected chi connectivity index (χ3v) is 4.61. The molecule has 0 saturated heterocycles. The van der Waals surface area contributed by atoms with E-state index in [1.54, 1.807) is 0 Å². The van der Waals surface area contributed by atoms with Gasteiger partial charge in [-0.3, -0.25) is 0 Å². The van der Waals surface area contributed by atoms with Crippen LogP contribution in [0.25, 0.3) is 0 Å². The van der Waals surface area contributed by atoms with Crippen molar-refractivity contribution >= 4 is 11.4 Å². The summed E-state index contributed by atoms with van der Waals surface area (Å²) in [5, 5.41) is 0. The minimum Gasteiger partial charge on any atom is -0.454 e. The number of benzene rings is 3. The number of anilines is 2. The second-order valence-corrected chi connectivity index (χ2v) is 7.03. The highest BCUT2D eigenvalue weighted by atomic mass is 19.4. The molecule has 0 saturated carbocycles. The first-order valence-electron chi connectivity index (χ1n) is 9.28. The van der Waals surface area contributed by atoms with E-state index in [1.807, 2.05) is 0 Å². The maximum Gasteiger partial charge on any atom is 0.419 e. The molecule has 3 rings (SSSR count). The van der Waals surface area contributed by atoms with E-state index in [4.69, 9.17) is 20.9 Å². The van der Waals surface area contributed by atoms with Crippen molar-refractivity contribution < 1.29 is 57.8 Å². The van der Waals surface area contributed by atoms with Crippen molar-refractivity contribution in [3.05, 3.63) is 70.8 Å². The van der Waals surface area contributed by atoms with Gasteiger partial charge >= 0.3 is 18.5 Å². The van der Waals surface area contributed by atoms with E-state index in [9.17, 15) is 48.3 Å². The molecule has 3 aromatic carbocycles. The van der Waals surface area contributed by atoms with Crippen molar-refractivity contribution in [3.63, 3.8) is 0 Å². The third-order valence-electron chi connectivity index (χ3n) is 4.61. The molecule has 0 heterocycles. The Labute approximate surface area is 193 Å². The molecule has 15 heteroatoms. The van der Waals surface area contributed by atoms with Gasteiger partial charge in [-0.15, -0.1) is 0 Å². The van der Waals surface area contributed by atoms with Crippen LogP contribution in [0, 0.1) is 11.6 Å². The summed E-state index contributed by atoms with van der Waals surface area (Å²) in [6.07, 6.45) is -15.2. The summed E-state index contributed by atoms with van der Waals surface area (Å²) < 4.78 is 156. The summed E-state index contributed by atoms with van der Waals surface area (Å²) in [5.74, 6) is -7.33. The van der Waals surface area contributed by atoms with Crippen LogP contribution < -0.4 is 20.9 Å². The molecule has 0 aliphatic carbocycles. The van der Waals surface area contributed by atoms with E-state index in [0.29, 0.717) is 36.4 Å². The van der Waals surface area contributed by atoms with E-state index in [1.165, 1.54) is 0 Å². The van der Waals surface area contributed by atoms with Gasteiger partial charge in [-0.05, 0) is 36.4 Å². The normalized spacial score (nSPS) is 12.5. The Kier molecular flexibility index (Phi) is 6.63. The van der Waals surface area contributed by atoms with Crippen molar-refractivity contribution in [2.45, 2.75) is 18.5 Å². The number of ether oxygens (including phenoxy) is 2. The first-order chi connectivity index (χ1) is 16.4. The van der Waals surface area contributed by atoms with Gasteiger partial charge in [-0.25, -0.2) is 8.78 Å². The molecular weight excluding hydrogens is 521 g/mol. The Morgan fingerprint density at radius 3 is 1.31 bits per heavy atom. The van der Waals surface area contributed by atoms with E-state index in [0.717, 1.165) is 0 Å². The van der Waals surface area contributed by atoms with Gasteiger partial charge in [0.2, 0.25) is 0 Å². The fraction of sp³-hybridized carbons (Fsp3) is 0.143. The van der Waals surface area contributed by atoms with Gasteiger partial charge in [0.1, 0.15) is 11.5 Å². The molecule has 4 N–H and O–H groups in total. The molecule has 0 aliphatic heterocycles. The maximum absolute atomic E-state index is 14.4. The average molecular weight is 532 g/mol. The van der Waals surface area contributed by atoms with Crippen LogP contribution in [0.4, 0.5) is 59.7 Å². The molecule has 0 amide bonds. The van der Waals surface area contributed by atoms with Gasteiger partial charge in [-0.2, -0.15) is 39.5 Å². The summed E-state index contributed by atoms with van der Waals surface area (Å²) >= 11 is 0. The van der Waals surface area contributed by atoms with Gasteiger partial charge in [0, 0.05) is 6.07 Å². The number of nitrogen functional groups attached to an aromatic ring is 2. The number of rotatable bonds is 4. The highest BCUT2D eigenvalue weighted by Gasteiger charge is 2.38. The lowest BCUT2D eigenvalue weighted by Crippen LogP contribution is -2.12. The molecule has 0 fully saturated rings. The lowest BCUT2D eigenvalue weighted by atomic mass is 10.1. The van der Waals surface area contributed by atoms with Crippen molar-refractivity contribution in [3.8, 4) is 23.0 Å². The van der Waals surface area contributed by atoms with Crippen molar-refractivity contribution in [2.75, 3.05) is 11.5 Å². The Balaban J connectivity index is 2.04. The highest BCUT2D eigenvalue weighted by Crippen LogP contribution is 2.44. The number of nitrogens with two attached hydrogens (primary N) is 2. The van der Waals surface area contributed by atoms with Gasteiger partial charge in [0.25, 0.3) is 0 Å². The molecule has 0 bridgehead atoms. The van der Waals surface area contributed by atoms with Crippen molar-refractivity contribution in [1.29, 1.82) is 0 Å². The second kappa shape index (κ2) is 8.95. The van der Waals surface area contributed by atoms with Crippen LogP contribution in [-0.2, 0) is 18.5 Å². The Morgan fingerprint density at radius 2 is 0.889 bits per heavy atom. The van der Waals surface area contributed by atoms with Crippen LogP contribution in [0.15, 0.2) is 42.5 Å².